The molecule has 0 spiro atoms. The van der Waals surface area contributed by atoms with E-state index < -0.39 is 0 Å². The van der Waals surface area contributed by atoms with E-state index in [1.54, 1.807) is 22.9 Å². The predicted octanol–water partition coefficient (Wildman–Crippen LogP) is 2.97. The van der Waals surface area contributed by atoms with E-state index in [2.05, 4.69) is 25.5 Å². The molecule has 0 unspecified atom stereocenters. The van der Waals surface area contributed by atoms with Gasteiger partial charge in [-0.25, -0.2) is 4.98 Å². The summed E-state index contributed by atoms with van der Waals surface area (Å²) in [5.74, 6) is 1.85. The highest BCUT2D eigenvalue weighted by atomic mass is 16.5. The monoisotopic (exact) mass is 350 g/mol. The van der Waals surface area contributed by atoms with E-state index in [0.29, 0.717) is 17.9 Å². The van der Waals surface area contributed by atoms with E-state index >= 15 is 0 Å². The number of nitrogens with one attached hydrogen (secondary N) is 2. The summed E-state index contributed by atoms with van der Waals surface area (Å²) < 4.78 is 6.90. The van der Waals surface area contributed by atoms with Crippen LogP contribution in [0.1, 0.15) is 33.2 Å². The lowest BCUT2D eigenvalue weighted by Crippen LogP contribution is -2.13. The minimum absolute atomic E-state index is 0.221. The molecule has 8 heteroatoms. The molecule has 2 N–H and O–H groups in total. The number of nitrogens with zero attached hydrogens (tertiary/aromatic N) is 4. The smallest absolute Gasteiger partial charge is 0.256 e. The van der Waals surface area contributed by atoms with Gasteiger partial charge < -0.3 is 14.8 Å². The van der Waals surface area contributed by atoms with Gasteiger partial charge in [-0.1, -0.05) is 5.16 Å². The van der Waals surface area contributed by atoms with Crippen LogP contribution >= 0.6 is 0 Å². The van der Waals surface area contributed by atoms with Gasteiger partial charge in [0.1, 0.15) is 11.6 Å². The minimum Gasteiger partial charge on any atom is -0.361 e. The van der Waals surface area contributed by atoms with Crippen molar-refractivity contribution in [3.8, 4) is 0 Å². The molecule has 0 fully saturated rings. The van der Waals surface area contributed by atoms with E-state index in [1.165, 1.54) is 0 Å². The summed E-state index contributed by atoms with van der Waals surface area (Å²) in [5.41, 5.74) is 4.04. The van der Waals surface area contributed by atoms with Crippen LogP contribution in [0, 0.1) is 20.8 Å². The average Bonchev–Trinajstić information content (AvgIpc) is 3.28. The second-order valence-corrected chi connectivity index (χ2v) is 6.21. The standard InChI is InChI=1S/C18H18N6O2/c1-10-14(11(2)26-23-10)9-24-7-6-17(22-24)21-18(25)13-4-5-15-16(8-13)20-12(3)19-15/h4-8H,9H2,1-3H3,(H,19,20)(H,21,22,25). The Bertz CT molecular complexity index is 1080. The first kappa shape index (κ1) is 16.1. The fourth-order valence-electron chi connectivity index (χ4n) is 2.87. The lowest BCUT2D eigenvalue weighted by Gasteiger charge is -2.03. The molecule has 4 aromatic rings. The van der Waals surface area contributed by atoms with E-state index in [4.69, 9.17) is 4.52 Å². The third kappa shape index (κ3) is 2.97. The third-order valence-corrected chi connectivity index (χ3v) is 4.25. The first-order valence-electron chi connectivity index (χ1n) is 8.22. The highest BCUT2D eigenvalue weighted by Crippen LogP contribution is 2.16. The van der Waals surface area contributed by atoms with Crippen molar-refractivity contribution >= 4 is 22.8 Å². The molecule has 1 amide bonds. The average molecular weight is 350 g/mol. The Hall–Kier alpha value is -3.42. The molecule has 3 heterocycles. The van der Waals surface area contributed by atoms with Crippen LogP contribution < -0.4 is 5.32 Å². The van der Waals surface area contributed by atoms with Crippen LogP contribution in [-0.4, -0.2) is 30.8 Å². The maximum absolute atomic E-state index is 12.5. The van der Waals surface area contributed by atoms with Gasteiger partial charge in [0.15, 0.2) is 5.82 Å². The number of hydrogen-bond acceptors (Lipinski definition) is 5. The molecule has 0 bridgehead atoms. The summed E-state index contributed by atoms with van der Waals surface area (Å²) in [6, 6.07) is 7.11. The number of H-pyrrole nitrogens is 1. The van der Waals surface area contributed by atoms with E-state index in [1.807, 2.05) is 33.0 Å². The summed E-state index contributed by atoms with van der Waals surface area (Å²) in [6.45, 7) is 6.18. The Balaban J connectivity index is 1.50. The number of aromatic amines is 1. The van der Waals surface area contributed by atoms with Gasteiger partial charge in [-0.05, 0) is 39.0 Å². The summed E-state index contributed by atoms with van der Waals surface area (Å²) in [5, 5.41) is 11.1. The highest BCUT2D eigenvalue weighted by molar-refractivity contribution is 6.05. The van der Waals surface area contributed by atoms with Gasteiger partial charge in [-0.15, -0.1) is 0 Å². The molecule has 0 aliphatic rings. The number of aryl methyl sites for hydroxylation is 3. The van der Waals surface area contributed by atoms with Crippen molar-refractivity contribution < 1.29 is 9.32 Å². The van der Waals surface area contributed by atoms with Crippen molar-refractivity contribution in [1.29, 1.82) is 0 Å². The van der Waals surface area contributed by atoms with Crippen LogP contribution in [-0.2, 0) is 6.54 Å². The van der Waals surface area contributed by atoms with Crippen LogP contribution in [0.15, 0.2) is 35.0 Å². The first-order chi connectivity index (χ1) is 12.5. The van der Waals surface area contributed by atoms with E-state index in [0.717, 1.165) is 33.9 Å². The molecule has 4 rings (SSSR count). The molecule has 1 aromatic carbocycles. The van der Waals surface area contributed by atoms with E-state index in [-0.39, 0.29) is 5.91 Å². The maximum Gasteiger partial charge on any atom is 0.256 e. The predicted molar refractivity (Wildman–Crippen MR) is 96.1 cm³/mol. The van der Waals surface area contributed by atoms with Gasteiger partial charge in [-0.2, -0.15) is 5.10 Å². The Labute approximate surface area is 149 Å². The summed E-state index contributed by atoms with van der Waals surface area (Å²) in [4.78, 5) is 19.9. The molecule has 0 saturated heterocycles. The summed E-state index contributed by atoms with van der Waals surface area (Å²) in [7, 11) is 0. The van der Waals surface area contributed by atoms with Crippen LogP contribution in [0.25, 0.3) is 11.0 Å². The molecule has 0 aliphatic carbocycles. The largest absolute Gasteiger partial charge is 0.361 e. The van der Waals surface area contributed by atoms with Crippen LogP contribution in [0.4, 0.5) is 5.82 Å². The number of aromatic nitrogens is 5. The fourth-order valence-corrected chi connectivity index (χ4v) is 2.87. The van der Waals surface area contributed by atoms with Crippen molar-refractivity contribution in [2.24, 2.45) is 0 Å². The number of imidazole rings is 1. The molecule has 8 nitrogen and oxygen atoms in total. The molecule has 0 atom stereocenters. The number of fused-ring (bicyclic) bond motifs is 1. The zero-order chi connectivity index (χ0) is 18.3. The molecule has 3 aromatic heterocycles. The number of rotatable bonds is 4. The van der Waals surface area contributed by atoms with Gasteiger partial charge in [-0.3, -0.25) is 9.48 Å². The maximum atomic E-state index is 12.5. The lowest BCUT2D eigenvalue weighted by molar-refractivity contribution is 0.102. The molecule has 132 valence electrons. The van der Waals surface area contributed by atoms with Gasteiger partial charge in [0.2, 0.25) is 0 Å². The second kappa shape index (κ2) is 6.14. The van der Waals surface area contributed by atoms with Crippen molar-refractivity contribution in [3.05, 3.63) is 58.9 Å². The topological polar surface area (TPSA) is 102 Å². The van der Waals surface area contributed by atoms with Gasteiger partial charge in [0.05, 0.1) is 23.3 Å². The number of hydrogen-bond donors (Lipinski definition) is 2. The molecule has 0 aliphatic heterocycles. The first-order valence-corrected chi connectivity index (χ1v) is 8.22. The molecule has 26 heavy (non-hydrogen) atoms. The van der Waals surface area contributed by atoms with Crippen molar-refractivity contribution in [2.45, 2.75) is 27.3 Å². The summed E-state index contributed by atoms with van der Waals surface area (Å²) in [6.07, 6.45) is 1.81. The second-order valence-electron chi connectivity index (χ2n) is 6.21. The highest BCUT2D eigenvalue weighted by Gasteiger charge is 2.12. The third-order valence-electron chi connectivity index (χ3n) is 4.25. The number of benzene rings is 1. The van der Waals surface area contributed by atoms with Crippen molar-refractivity contribution in [2.75, 3.05) is 5.32 Å². The van der Waals surface area contributed by atoms with Crippen molar-refractivity contribution in [1.82, 2.24) is 24.9 Å². The normalized spacial score (nSPS) is 11.2. The Kier molecular flexibility index (Phi) is 3.80. The van der Waals surface area contributed by atoms with Crippen LogP contribution in [0.2, 0.25) is 0 Å². The van der Waals surface area contributed by atoms with Crippen LogP contribution in [0.5, 0.6) is 0 Å². The van der Waals surface area contributed by atoms with Crippen LogP contribution in [0.3, 0.4) is 0 Å². The quantitative estimate of drug-likeness (QED) is 0.589. The number of carbonyl (C=O) groups excluding carboxylic acids is 1. The fraction of sp³-hybridized carbons (Fsp3) is 0.222. The Morgan fingerprint density at radius 1 is 1.27 bits per heavy atom. The Morgan fingerprint density at radius 2 is 2.12 bits per heavy atom. The van der Waals surface area contributed by atoms with Gasteiger partial charge >= 0.3 is 0 Å². The minimum atomic E-state index is -0.221. The summed E-state index contributed by atoms with van der Waals surface area (Å²) >= 11 is 0. The zero-order valence-corrected chi connectivity index (χ0v) is 14.7. The Morgan fingerprint density at radius 3 is 2.88 bits per heavy atom. The zero-order valence-electron chi connectivity index (χ0n) is 14.7. The van der Waals surface area contributed by atoms with Gasteiger partial charge in [0.25, 0.3) is 5.91 Å². The number of amides is 1. The SMILES string of the molecule is Cc1nc2ccc(C(=O)Nc3ccn(Cc4c(C)noc4C)n3)cc2[nH]1. The number of carbonyl (C=O) groups is 1. The van der Waals surface area contributed by atoms with E-state index in [9.17, 15) is 4.79 Å². The molecule has 0 radical (unpaired) electrons. The van der Waals surface area contributed by atoms with Crippen molar-refractivity contribution in [3.63, 3.8) is 0 Å². The van der Waals surface area contributed by atoms with Gasteiger partial charge in [0, 0.05) is 23.4 Å². The molecular weight excluding hydrogens is 332 g/mol. The lowest BCUT2D eigenvalue weighted by atomic mass is 10.2. The number of anilines is 1. The molecular formula is C18H18N6O2. The molecule has 0 saturated carbocycles.